The van der Waals surface area contributed by atoms with Crippen molar-refractivity contribution in [2.24, 2.45) is 7.05 Å². The van der Waals surface area contributed by atoms with Crippen LogP contribution in [0.5, 0.6) is 0 Å². The van der Waals surface area contributed by atoms with E-state index in [-0.39, 0.29) is 11.3 Å². The van der Waals surface area contributed by atoms with E-state index in [1.807, 2.05) is 30.3 Å². The zero-order valence-electron chi connectivity index (χ0n) is 12.9. The minimum absolute atomic E-state index is 0.0681. The van der Waals surface area contributed by atoms with Gasteiger partial charge in [-0.15, -0.1) is 10.2 Å². The van der Waals surface area contributed by atoms with E-state index in [0.29, 0.717) is 11.0 Å². The van der Waals surface area contributed by atoms with E-state index >= 15 is 0 Å². The van der Waals surface area contributed by atoms with Crippen LogP contribution in [0.2, 0.25) is 0 Å². The lowest BCUT2D eigenvalue weighted by molar-refractivity contribution is 0.193. The van der Waals surface area contributed by atoms with Crippen molar-refractivity contribution < 1.29 is 13.9 Å². The number of aliphatic hydroxyl groups is 1. The zero-order chi connectivity index (χ0) is 17.1. The molecule has 0 fully saturated rings. The molecule has 1 N–H and O–H groups in total. The maximum atomic E-state index is 13.7. The summed E-state index contributed by atoms with van der Waals surface area (Å²) in [5, 5.41) is 18.9. The van der Waals surface area contributed by atoms with E-state index in [4.69, 9.17) is 0 Å². The fourth-order valence-corrected chi connectivity index (χ4v) is 3.20. The number of aliphatic hydroxyl groups excluding tert-OH is 1. The molecule has 24 heavy (non-hydrogen) atoms. The van der Waals surface area contributed by atoms with E-state index in [0.717, 1.165) is 17.7 Å². The van der Waals surface area contributed by atoms with Gasteiger partial charge in [-0.2, -0.15) is 0 Å². The van der Waals surface area contributed by atoms with Crippen molar-refractivity contribution in [3.63, 3.8) is 0 Å². The van der Waals surface area contributed by atoms with Crippen molar-refractivity contribution in [1.29, 1.82) is 0 Å². The van der Waals surface area contributed by atoms with Crippen molar-refractivity contribution in [3.8, 4) is 11.4 Å². The second-order valence-corrected chi connectivity index (χ2v) is 6.18. The van der Waals surface area contributed by atoms with E-state index < -0.39 is 17.7 Å². The molecule has 7 heteroatoms. The summed E-state index contributed by atoms with van der Waals surface area (Å²) in [6.07, 6.45) is -1.27. The second-order valence-electron chi connectivity index (χ2n) is 5.19. The number of hydrogen-bond donors (Lipinski definition) is 1. The van der Waals surface area contributed by atoms with Gasteiger partial charge in [0.1, 0.15) is 11.6 Å². The number of aromatic nitrogens is 3. The zero-order valence-corrected chi connectivity index (χ0v) is 13.7. The molecule has 124 valence electrons. The smallest absolute Gasteiger partial charge is 0.191 e. The van der Waals surface area contributed by atoms with Gasteiger partial charge in [-0.1, -0.05) is 48.2 Å². The van der Waals surface area contributed by atoms with Crippen molar-refractivity contribution >= 4 is 11.8 Å². The lowest BCUT2D eigenvalue weighted by Gasteiger charge is -2.12. The van der Waals surface area contributed by atoms with E-state index in [1.165, 1.54) is 17.8 Å². The van der Waals surface area contributed by atoms with Crippen molar-refractivity contribution in [3.05, 3.63) is 65.7 Å². The molecule has 0 bridgehead atoms. The van der Waals surface area contributed by atoms with Crippen LogP contribution >= 0.6 is 11.8 Å². The Morgan fingerprint density at radius 2 is 1.71 bits per heavy atom. The first kappa shape index (κ1) is 16.6. The van der Waals surface area contributed by atoms with E-state index in [1.54, 1.807) is 11.6 Å². The van der Waals surface area contributed by atoms with Crippen LogP contribution in [-0.2, 0) is 7.05 Å². The molecule has 2 aromatic carbocycles. The Hall–Kier alpha value is -2.25. The topological polar surface area (TPSA) is 50.9 Å². The molecule has 4 nitrogen and oxygen atoms in total. The monoisotopic (exact) mass is 347 g/mol. The molecule has 0 amide bonds. The number of rotatable bonds is 5. The van der Waals surface area contributed by atoms with Gasteiger partial charge in [-0.05, 0) is 12.1 Å². The molecule has 0 aliphatic rings. The number of halogens is 2. The van der Waals surface area contributed by atoms with Crippen LogP contribution < -0.4 is 0 Å². The molecule has 0 spiro atoms. The Labute approximate surface area is 142 Å². The predicted molar refractivity (Wildman–Crippen MR) is 88.5 cm³/mol. The summed E-state index contributed by atoms with van der Waals surface area (Å²) in [4.78, 5) is 0. The average Bonchev–Trinajstić information content (AvgIpc) is 2.94. The van der Waals surface area contributed by atoms with Crippen LogP contribution in [0.15, 0.2) is 53.7 Å². The molecule has 1 atom stereocenters. The SMILES string of the molecule is Cn1c(SCC(O)c2c(F)cccc2F)nnc1-c1ccccc1. The van der Waals surface area contributed by atoms with E-state index in [9.17, 15) is 13.9 Å². The van der Waals surface area contributed by atoms with Gasteiger partial charge in [-0.3, -0.25) is 0 Å². The Balaban J connectivity index is 1.75. The van der Waals surface area contributed by atoms with Crippen LogP contribution in [0.25, 0.3) is 11.4 Å². The molecule has 3 aromatic rings. The molecular weight excluding hydrogens is 332 g/mol. The van der Waals surface area contributed by atoms with Gasteiger partial charge in [0.2, 0.25) is 0 Å². The minimum atomic E-state index is -1.27. The summed E-state index contributed by atoms with van der Waals surface area (Å²) in [5.74, 6) is -0.764. The van der Waals surface area contributed by atoms with Gasteiger partial charge in [0.15, 0.2) is 11.0 Å². The molecule has 0 aliphatic carbocycles. The largest absolute Gasteiger partial charge is 0.387 e. The molecule has 0 saturated heterocycles. The Morgan fingerprint density at radius 1 is 1.04 bits per heavy atom. The van der Waals surface area contributed by atoms with Gasteiger partial charge in [0.25, 0.3) is 0 Å². The molecule has 0 radical (unpaired) electrons. The lowest BCUT2D eigenvalue weighted by atomic mass is 10.1. The predicted octanol–water partition coefficient (Wildman–Crippen LogP) is 3.59. The summed E-state index contributed by atoms with van der Waals surface area (Å²) in [6, 6.07) is 13.1. The lowest BCUT2D eigenvalue weighted by Crippen LogP contribution is -2.07. The second kappa shape index (κ2) is 7.11. The summed E-state index contributed by atoms with van der Waals surface area (Å²) >= 11 is 1.19. The van der Waals surface area contributed by atoms with Crippen LogP contribution in [0.1, 0.15) is 11.7 Å². The van der Waals surface area contributed by atoms with Gasteiger partial charge in [-0.25, -0.2) is 8.78 Å². The number of thioether (sulfide) groups is 1. The number of hydrogen-bond acceptors (Lipinski definition) is 4. The third-order valence-corrected chi connectivity index (χ3v) is 4.67. The van der Waals surface area contributed by atoms with Gasteiger partial charge in [0.05, 0.1) is 11.7 Å². The minimum Gasteiger partial charge on any atom is -0.387 e. The summed E-state index contributed by atoms with van der Waals surface area (Å²) < 4.78 is 29.2. The molecule has 0 saturated carbocycles. The Morgan fingerprint density at radius 3 is 2.38 bits per heavy atom. The normalized spacial score (nSPS) is 12.3. The molecule has 3 rings (SSSR count). The van der Waals surface area contributed by atoms with Gasteiger partial charge >= 0.3 is 0 Å². The molecule has 1 aromatic heterocycles. The number of benzene rings is 2. The van der Waals surface area contributed by atoms with Crippen LogP contribution in [-0.4, -0.2) is 25.6 Å². The van der Waals surface area contributed by atoms with Crippen LogP contribution in [0, 0.1) is 11.6 Å². The van der Waals surface area contributed by atoms with Crippen LogP contribution in [0.4, 0.5) is 8.78 Å². The quantitative estimate of drug-likeness (QED) is 0.717. The van der Waals surface area contributed by atoms with Gasteiger partial charge < -0.3 is 9.67 Å². The third-order valence-electron chi connectivity index (χ3n) is 3.57. The maximum absolute atomic E-state index is 13.7. The number of nitrogens with zero attached hydrogens (tertiary/aromatic N) is 3. The first-order valence-corrected chi connectivity index (χ1v) is 8.26. The highest BCUT2D eigenvalue weighted by molar-refractivity contribution is 7.99. The highest BCUT2D eigenvalue weighted by Crippen LogP contribution is 2.28. The fraction of sp³-hybridized carbons (Fsp3) is 0.176. The Kier molecular flexibility index (Phi) is 4.92. The molecule has 1 heterocycles. The summed E-state index contributed by atoms with van der Waals surface area (Å²) in [5.41, 5.74) is 0.593. The van der Waals surface area contributed by atoms with Crippen molar-refractivity contribution in [2.75, 3.05) is 5.75 Å². The van der Waals surface area contributed by atoms with E-state index in [2.05, 4.69) is 10.2 Å². The molecule has 0 aliphatic heterocycles. The standard InChI is InChI=1S/C17H15F2N3OS/c1-22-16(11-6-3-2-4-7-11)20-21-17(22)24-10-14(23)15-12(18)8-5-9-13(15)19/h2-9,14,23H,10H2,1H3. The van der Waals surface area contributed by atoms with Crippen LogP contribution in [0.3, 0.4) is 0 Å². The average molecular weight is 347 g/mol. The third kappa shape index (κ3) is 3.32. The fourth-order valence-electron chi connectivity index (χ4n) is 2.35. The maximum Gasteiger partial charge on any atom is 0.191 e. The first-order valence-electron chi connectivity index (χ1n) is 7.27. The highest BCUT2D eigenvalue weighted by atomic mass is 32.2. The Bertz CT molecular complexity index is 819. The highest BCUT2D eigenvalue weighted by Gasteiger charge is 2.19. The van der Waals surface area contributed by atoms with Crippen molar-refractivity contribution in [2.45, 2.75) is 11.3 Å². The van der Waals surface area contributed by atoms with Gasteiger partial charge in [0, 0.05) is 18.4 Å². The summed E-state index contributed by atoms with van der Waals surface area (Å²) in [7, 11) is 1.81. The molecule has 1 unspecified atom stereocenters. The molecular formula is C17H15F2N3OS. The summed E-state index contributed by atoms with van der Waals surface area (Å²) in [6.45, 7) is 0. The van der Waals surface area contributed by atoms with Crippen molar-refractivity contribution in [1.82, 2.24) is 14.8 Å². The first-order chi connectivity index (χ1) is 11.6.